The number of carbonyl (C=O) groups excluding carboxylic acids is 1. The topological polar surface area (TPSA) is 146 Å². The molecule has 2 atom stereocenters. The second-order valence-electron chi connectivity index (χ2n) is 10.8. The fraction of sp³-hybridized carbons (Fsp3) is 0.407. The van der Waals surface area contributed by atoms with Crippen molar-refractivity contribution < 1.29 is 27.2 Å². The summed E-state index contributed by atoms with van der Waals surface area (Å²) in [5.74, 6) is 0.673. The van der Waals surface area contributed by atoms with E-state index in [1.165, 1.54) is 17.2 Å². The largest absolute Gasteiger partial charge is 0.444 e. The quantitative estimate of drug-likeness (QED) is 0.314. The second-order valence-corrected chi connectivity index (χ2v) is 10.8. The number of anilines is 1. The summed E-state index contributed by atoms with van der Waals surface area (Å²) in [5.41, 5.74) is -0.987. The minimum atomic E-state index is -4.71. The molecule has 0 saturated carbocycles. The van der Waals surface area contributed by atoms with Crippen LogP contribution in [0.3, 0.4) is 0 Å². The lowest BCUT2D eigenvalue weighted by molar-refractivity contribution is -0.137. The maximum Gasteiger partial charge on any atom is 0.419 e. The highest BCUT2D eigenvalue weighted by molar-refractivity contribution is 5.96. The van der Waals surface area contributed by atoms with E-state index in [2.05, 4.69) is 30.4 Å². The van der Waals surface area contributed by atoms with Gasteiger partial charge in [0.25, 0.3) is 0 Å². The lowest BCUT2D eigenvalue weighted by Gasteiger charge is -2.38. The van der Waals surface area contributed by atoms with Crippen molar-refractivity contribution in [2.45, 2.75) is 64.4 Å². The molecule has 1 aromatic carbocycles. The Balaban J connectivity index is 1.46. The first-order chi connectivity index (χ1) is 19.3. The number of nitrogens with zero attached hydrogens (tertiary/aromatic N) is 6. The SMILES string of the molecule is Cc1noc([C@H]2CC[C@H](Nc3ncc(C(F)(F)F)c(-c4c[nH]c5cc(C#N)ccc45)n3)CN2C(=O)OC(C)(C)C)n1. The minimum Gasteiger partial charge on any atom is -0.444 e. The summed E-state index contributed by atoms with van der Waals surface area (Å²) < 4.78 is 52.9. The molecule has 11 nitrogen and oxygen atoms in total. The van der Waals surface area contributed by atoms with Crippen LogP contribution in [0, 0.1) is 18.3 Å². The van der Waals surface area contributed by atoms with E-state index >= 15 is 0 Å². The number of piperidine rings is 1. The molecule has 0 radical (unpaired) electrons. The van der Waals surface area contributed by atoms with E-state index in [-0.39, 0.29) is 29.6 Å². The highest BCUT2D eigenvalue weighted by Crippen LogP contribution is 2.39. The maximum atomic E-state index is 14.0. The molecule has 1 saturated heterocycles. The van der Waals surface area contributed by atoms with Crippen LogP contribution >= 0.6 is 0 Å². The number of fused-ring (bicyclic) bond motifs is 1. The average molecular weight is 569 g/mol. The molecule has 1 aliphatic heterocycles. The van der Waals surface area contributed by atoms with Crippen LogP contribution < -0.4 is 5.32 Å². The van der Waals surface area contributed by atoms with Gasteiger partial charge in [-0.3, -0.25) is 4.90 Å². The first-order valence-corrected chi connectivity index (χ1v) is 12.8. The molecule has 1 aliphatic rings. The predicted octanol–water partition coefficient (Wildman–Crippen LogP) is 5.76. The summed E-state index contributed by atoms with van der Waals surface area (Å²) in [5, 5.41) is 16.6. The molecule has 41 heavy (non-hydrogen) atoms. The van der Waals surface area contributed by atoms with E-state index in [0.29, 0.717) is 35.1 Å². The third-order valence-electron chi connectivity index (χ3n) is 6.53. The molecule has 14 heteroatoms. The summed E-state index contributed by atoms with van der Waals surface area (Å²) in [7, 11) is 0. The molecule has 2 N–H and O–H groups in total. The van der Waals surface area contributed by atoms with Crippen LogP contribution in [0.2, 0.25) is 0 Å². The standard InChI is InChI=1S/C27H27F3N8O3/c1-14-34-23(41-37-14)21-8-6-16(13-38(21)25(39)40-26(2,3)4)35-24-33-12-19(27(28,29)30)22(36-24)18-11-32-20-9-15(10-31)5-7-17(18)20/h5,7,9,11-12,16,21,32H,6,8,13H2,1-4H3,(H,33,35,36)/t16-,21+/m0/s1. The molecular weight excluding hydrogens is 541 g/mol. The monoisotopic (exact) mass is 568 g/mol. The minimum absolute atomic E-state index is 0.0304. The van der Waals surface area contributed by atoms with Crippen molar-refractivity contribution in [3.8, 4) is 17.3 Å². The Morgan fingerprint density at radius 1 is 1.24 bits per heavy atom. The number of carbonyl (C=O) groups is 1. The van der Waals surface area contributed by atoms with E-state index < -0.39 is 35.5 Å². The zero-order valence-corrected chi connectivity index (χ0v) is 22.7. The number of ether oxygens (including phenoxy) is 1. The van der Waals surface area contributed by atoms with Gasteiger partial charge in [-0.05, 0) is 52.7 Å². The van der Waals surface area contributed by atoms with Crippen LogP contribution in [0.4, 0.5) is 23.9 Å². The van der Waals surface area contributed by atoms with Crippen molar-refractivity contribution in [1.29, 1.82) is 5.26 Å². The Morgan fingerprint density at radius 3 is 2.68 bits per heavy atom. The number of H-pyrrole nitrogens is 1. The molecule has 1 amide bonds. The highest BCUT2D eigenvalue weighted by Gasteiger charge is 2.39. The second kappa shape index (κ2) is 10.4. The number of rotatable bonds is 4. The van der Waals surface area contributed by atoms with Gasteiger partial charge < -0.3 is 19.6 Å². The van der Waals surface area contributed by atoms with Gasteiger partial charge >= 0.3 is 12.3 Å². The lowest BCUT2D eigenvalue weighted by atomic mass is 9.98. The molecule has 5 rings (SSSR count). The number of aryl methyl sites for hydroxylation is 1. The van der Waals surface area contributed by atoms with Crippen LogP contribution in [0.1, 0.15) is 62.5 Å². The smallest absolute Gasteiger partial charge is 0.419 e. The first kappa shape index (κ1) is 27.9. The zero-order valence-electron chi connectivity index (χ0n) is 22.7. The Bertz CT molecular complexity index is 1630. The third kappa shape index (κ3) is 5.93. The predicted molar refractivity (Wildman–Crippen MR) is 140 cm³/mol. The van der Waals surface area contributed by atoms with Gasteiger partial charge in [-0.1, -0.05) is 11.2 Å². The number of aromatic amines is 1. The van der Waals surface area contributed by atoms with Gasteiger partial charge in [-0.15, -0.1) is 0 Å². The van der Waals surface area contributed by atoms with E-state index in [1.807, 2.05) is 6.07 Å². The van der Waals surface area contributed by atoms with E-state index in [0.717, 1.165) is 6.20 Å². The number of amides is 1. The number of hydrogen-bond acceptors (Lipinski definition) is 9. The van der Waals surface area contributed by atoms with E-state index in [4.69, 9.17) is 14.5 Å². The van der Waals surface area contributed by atoms with Gasteiger partial charge in [0.15, 0.2) is 5.82 Å². The highest BCUT2D eigenvalue weighted by atomic mass is 19.4. The Hall–Kier alpha value is -4.67. The van der Waals surface area contributed by atoms with Gasteiger partial charge in [0.1, 0.15) is 17.2 Å². The van der Waals surface area contributed by atoms with Gasteiger partial charge in [-0.2, -0.15) is 23.4 Å². The molecule has 0 aliphatic carbocycles. The molecule has 1 fully saturated rings. The van der Waals surface area contributed by atoms with Crippen molar-refractivity contribution in [3.63, 3.8) is 0 Å². The molecule has 4 aromatic rings. The average Bonchev–Trinajstić information content (AvgIpc) is 3.52. The maximum absolute atomic E-state index is 14.0. The normalized spacial score (nSPS) is 17.9. The van der Waals surface area contributed by atoms with E-state index in [9.17, 15) is 18.0 Å². The number of benzene rings is 1. The van der Waals surface area contributed by atoms with Crippen molar-refractivity contribution in [2.75, 3.05) is 11.9 Å². The molecule has 0 bridgehead atoms. The molecule has 3 aromatic heterocycles. The number of halogens is 3. The molecule has 214 valence electrons. The third-order valence-corrected chi connectivity index (χ3v) is 6.53. The molecule has 4 heterocycles. The Labute approximate surface area is 232 Å². The van der Waals surface area contributed by atoms with Crippen molar-refractivity contribution >= 4 is 22.9 Å². The van der Waals surface area contributed by atoms with Gasteiger partial charge in [0.05, 0.1) is 17.3 Å². The number of hydrogen-bond donors (Lipinski definition) is 2. The van der Waals surface area contributed by atoms with Crippen LogP contribution in [-0.2, 0) is 10.9 Å². The number of likely N-dealkylation sites (tertiary alicyclic amines) is 1. The van der Waals surface area contributed by atoms with Crippen molar-refractivity contribution in [1.82, 2.24) is 30.0 Å². The fourth-order valence-electron chi connectivity index (χ4n) is 4.75. The van der Waals surface area contributed by atoms with Gasteiger partial charge in [0.2, 0.25) is 11.8 Å². The van der Waals surface area contributed by atoms with Gasteiger partial charge in [-0.25, -0.2) is 14.8 Å². The summed E-state index contributed by atoms with van der Waals surface area (Å²) in [6, 6.07) is 5.74. The molecule has 0 unspecified atom stereocenters. The van der Waals surface area contributed by atoms with Crippen molar-refractivity contribution in [3.05, 3.63) is 53.4 Å². The molecule has 0 spiro atoms. The summed E-state index contributed by atoms with van der Waals surface area (Å²) in [4.78, 5) is 30.0. The van der Waals surface area contributed by atoms with Crippen LogP contribution in [0.15, 0.2) is 35.1 Å². The van der Waals surface area contributed by atoms with Crippen LogP contribution in [-0.4, -0.2) is 54.3 Å². The number of nitrogens with one attached hydrogen (secondary N) is 2. The summed E-state index contributed by atoms with van der Waals surface area (Å²) in [6.07, 6.45) is -2.20. The van der Waals surface area contributed by atoms with Crippen molar-refractivity contribution in [2.24, 2.45) is 0 Å². The van der Waals surface area contributed by atoms with Gasteiger partial charge in [0, 0.05) is 41.4 Å². The van der Waals surface area contributed by atoms with Crippen LogP contribution in [0.25, 0.3) is 22.2 Å². The number of nitriles is 1. The number of aromatic nitrogens is 5. The fourth-order valence-corrected chi connectivity index (χ4v) is 4.75. The zero-order chi connectivity index (χ0) is 29.5. The Morgan fingerprint density at radius 2 is 2.02 bits per heavy atom. The molecular formula is C27H27F3N8O3. The Kier molecular flexibility index (Phi) is 7.06. The van der Waals surface area contributed by atoms with Crippen LogP contribution in [0.5, 0.6) is 0 Å². The number of alkyl halides is 3. The first-order valence-electron chi connectivity index (χ1n) is 12.8. The van der Waals surface area contributed by atoms with E-state index in [1.54, 1.807) is 39.8 Å². The summed E-state index contributed by atoms with van der Waals surface area (Å²) >= 11 is 0. The summed E-state index contributed by atoms with van der Waals surface area (Å²) in [6.45, 7) is 7.05. The lowest BCUT2D eigenvalue weighted by Crippen LogP contribution is -2.48.